The Morgan fingerprint density at radius 2 is 2.00 bits per heavy atom. The molecule has 0 aliphatic heterocycles. The molecule has 0 fully saturated rings. The van der Waals surface area contributed by atoms with Crippen molar-refractivity contribution in [1.29, 1.82) is 0 Å². The lowest BCUT2D eigenvalue weighted by Gasteiger charge is -2.03. The first kappa shape index (κ1) is 12.7. The van der Waals surface area contributed by atoms with Crippen molar-refractivity contribution in [2.24, 2.45) is 0 Å². The molecule has 0 saturated heterocycles. The number of carbonyl (C=O) groups is 1. The fraction of sp³-hybridized carbons (Fsp3) is 0.308. The van der Waals surface area contributed by atoms with Crippen molar-refractivity contribution < 1.29 is 9.53 Å². The minimum absolute atomic E-state index is 0.0232. The second-order valence-corrected chi connectivity index (χ2v) is 4.44. The van der Waals surface area contributed by atoms with Gasteiger partial charge in [-0.15, -0.1) is 5.10 Å². The van der Waals surface area contributed by atoms with E-state index in [1.165, 1.54) is 0 Å². The highest BCUT2D eigenvalue weighted by Gasteiger charge is 2.16. The van der Waals surface area contributed by atoms with Gasteiger partial charge in [0, 0.05) is 5.56 Å². The number of rotatable bonds is 5. The number of nitrogens with zero attached hydrogens (tertiary/aromatic N) is 2. The lowest BCUT2D eigenvalue weighted by molar-refractivity contribution is 0.104. The minimum atomic E-state index is -0.0232. The van der Waals surface area contributed by atoms with E-state index in [2.05, 4.69) is 9.59 Å². The maximum atomic E-state index is 12.2. The first-order valence-electron chi connectivity index (χ1n) is 5.85. The normalized spacial score (nSPS) is 10.3. The number of ketones is 1. The summed E-state index contributed by atoms with van der Waals surface area (Å²) < 4.78 is 9.18. The fourth-order valence-corrected chi connectivity index (χ4v) is 2.33. The summed E-state index contributed by atoms with van der Waals surface area (Å²) in [5, 5.41) is 3.95. The van der Waals surface area contributed by atoms with E-state index in [-0.39, 0.29) is 5.78 Å². The van der Waals surface area contributed by atoms with Crippen molar-refractivity contribution in [2.45, 2.75) is 20.3 Å². The molecule has 2 rings (SSSR count). The maximum absolute atomic E-state index is 12.2. The summed E-state index contributed by atoms with van der Waals surface area (Å²) in [4.78, 5) is 12.9. The second kappa shape index (κ2) is 5.73. The van der Waals surface area contributed by atoms with Crippen molar-refractivity contribution in [2.75, 3.05) is 6.61 Å². The number of carbonyl (C=O) groups excluding carboxylic acids is 1. The highest BCUT2D eigenvalue weighted by molar-refractivity contribution is 7.08. The van der Waals surface area contributed by atoms with E-state index in [1.54, 1.807) is 24.3 Å². The average Bonchev–Trinajstić information content (AvgIpc) is 2.87. The maximum Gasteiger partial charge on any atom is 0.206 e. The number of aromatic nitrogens is 2. The van der Waals surface area contributed by atoms with Crippen LogP contribution in [0.3, 0.4) is 0 Å². The zero-order chi connectivity index (χ0) is 13.0. The molecule has 0 radical (unpaired) electrons. The number of hydrogen-bond acceptors (Lipinski definition) is 5. The van der Waals surface area contributed by atoms with Crippen LogP contribution in [0.25, 0.3) is 0 Å². The smallest absolute Gasteiger partial charge is 0.206 e. The molecule has 94 valence electrons. The van der Waals surface area contributed by atoms with Crippen LogP contribution in [0.1, 0.15) is 34.8 Å². The summed E-state index contributed by atoms with van der Waals surface area (Å²) in [6.45, 7) is 4.51. The van der Waals surface area contributed by atoms with Gasteiger partial charge in [-0.05, 0) is 49.1 Å². The van der Waals surface area contributed by atoms with Gasteiger partial charge in [-0.1, -0.05) is 11.4 Å². The van der Waals surface area contributed by atoms with E-state index in [4.69, 9.17) is 4.74 Å². The molecule has 0 N–H and O–H groups in total. The van der Waals surface area contributed by atoms with Crippen molar-refractivity contribution in [1.82, 2.24) is 9.59 Å². The Hall–Kier alpha value is -1.75. The number of aryl methyl sites for hydroxylation is 1. The highest BCUT2D eigenvalue weighted by atomic mass is 32.1. The third-order valence-corrected chi connectivity index (χ3v) is 3.29. The van der Waals surface area contributed by atoms with Crippen molar-refractivity contribution in [3.8, 4) is 5.75 Å². The van der Waals surface area contributed by atoms with Gasteiger partial charge in [0.25, 0.3) is 0 Å². The summed E-state index contributed by atoms with van der Waals surface area (Å²) in [5.41, 5.74) is 1.40. The van der Waals surface area contributed by atoms with E-state index < -0.39 is 0 Å². The first-order chi connectivity index (χ1) is 8.76. The van der Waals surface area contributed by atoms with Gasteiger partial charge in [0.1, 0.15) is 10.6 Å². The molecule has 2 aromatic rings. The number of ether oxygens (including phenoxy) is 1. The average molecular weight is 262 g/mol. The topological polar surface area (TPSA) is 52.1 Å². The third kappa shape index (κ3) is 2.56. The molecule has 0 aliphatic carbocycles. The van der Waals surface area contributed by atoms with Crippen LogP contribution < -0.4 is 4.74 Å². The Morgan fingerprint density at radius 1 is 1.28 bits per heavy atom. The molecule has 0 amide bonds. The Bertz CT molecular complexity index is 534. The minimum Gasteiger partial charge on any atom is -0.494 e. The Morgan fingerprint density at radius 3 is 2.61 bits per heavy atom. The Labute approximate surface area is 110 Å². The third-order valence-electron chi connectivity index (χ3n) is 2.52. The van der Waals surface area contributed by atoms with Crippen LogP contribution in [0, 0.1) is 0 Å². The molecular weight excluding hydrogens is 248 g/mol. The van der Waals surface area contributed by atoms with Crippen LogP contribution in [0.15, 0.2) is 24.3 Å². The SMILES string of the molecule is CCOc1ccc(C(=O)c2snnc2CC)cc1. The largest absolute Gasteiger partial charge is 0.494 e. The van der Waals surface area contributed by atoms with Crippen LogP contribution in [0.5, 0.6) is 5.75 Å². The van der Waals surface area contributed by atoms with Gasteiger partial charge >= 0.3 is 0 Å². The zero-order valence-corrected chi connectivity index (χ0v) is 11.2. The molecule has 1 aromatic heterocycles. The van der Waals surface area contributed by atoms with Gasteiger partial charge in [-0.2, -0.15) is 0 Å². The molecule has 0 bridgehead atoms. The van der Waals surface area contributed by atoms with Gasteiger partial charge in [0.15, 0.2) is 0 Å². The summed E-state index contributed by atoms with van der Waals surface area (Å²) in [7, 11) is 0. The molecule has 1 aromatic carbocycles. The van der Waals surface area contributed by atoms with Crippen molar-refractivity contribution >= 4 is 17.3 Å². The van der Waals surface area contributed by atoms with E-state index in [0.29, 0.717) is 23.5 Å². The molecule has 0 atom stereocenters. The molecule has 0 aliphatic rings. The van der Waals surface area contributed by atoms with Crippen LogP contribution in [0.4, 0.5) is 0 Å². The van der Waals surface area contributed by atoms with Crippen LogP contribution >= 0.6 is 11.5 Å². The second-order valence-electron chi connectivity index (χ2n) is 3.69. The monoisotopic (exact) mass is 262 g/mol. The van der Waals surface area contributed by atoms with Crippen molar-refractivity contribution in [3.05, 3.63) is 40.4 Å². The summed E-state index contributed by atoms with van der Waals surface area (Å²) in [6.07, 6.45) is 0.717. The predicted octanol–water partition coefficient (Wildman–Crippen LogP) is 2.73. The van der Waals surface area contributed by atoms with E-state index in [9.17, 15) is 4.79 Å². The van der Waals surface area contributed by atoms with Gasteiger partial charge in [-0.25, -0.2) is 0 Å². The van der Waals surface area contributed by atoms with E-state index >= 15 is 0 Å². The Kier molecular flexibility index (Phi) is 4.04. The van der Waals surface area contributed by atoms with Crippen LogP contribution in [-0.2, 0) is 6.42 Å². The molecule has 0 saturated carbocycles. The van der Waals surface area contributed by atoms with Gasteiger partial charge in [0.2, 0.25) is 5.78 Å². The fourth-order valence-electron chi connectivity index (χ4n) is 1.61. The van der Waals surface area contributed by atoms with Gasteiger partial charge in [-0.3, -0.25) is 4.79 Å². The molecule has 4 nitrogen and oxygen atoms in total. The molecule has 0 spiro atoms. The molecule has 1 heterocycles. The standard InChI is InChI=1S/C13H14N2O2S/c1-3-11-13(18-15-14-11)12(16)9-5-7-10(8-6-9)17-4-2/h5-8H,3-4H2,1-2H3. The number of benzene rings is 1. The number of hydrogen-bond donors (Lipinski definition) is 0. The van der Waals surface area contributed by atoms with Gasteiger partial charge in [0.05, 0.1) is 12.3 Å². The first-order valence-corrected chi connectivity index (χ1v) is 6.62. The van der Waals surface area contributed by atoms with Crippen LogP contribution in [-0.4, -0.2) is 22.0 Å². The van der Waals surface area contributed by atoms with E-state index in [0.717, 1.165) is 23.0 Å². The predicted molar refractivity (Wildman–Crippen MR) is 70.3 cm³/mol. The summed E-state index contributed by atoms with van der Waals surface area (Å²) in [6, 6.07) is 7.15. The lowest BCUT2D eigenvalue weighted by atomic mass is 10.1. The van der Waals surface area contributed by atoms with Gasteiger partial charge < -0.3 is 4.74 Å². The van der Waals surface area contributed by atoms with Crippen molar-refractivity contribution in [3.63, 3.8) is 0 Å². The summed E-state index contributed by atoms with van der Waals surface area (Å²) in [5.74, 6) is 0.747. The van der Waals surface area contributed by atoms with E-state index in [1.807, 2.05) is 13.8 Å². The van der Waals surface area contributed by atoms with Crippen LogP contribution in [0.2, 0.25) is 0 Å². The summed E-state index contributed by atoms with van der Waals surface area (Å²) >= 11 is 1.15. The lowest BCUT2D eigenvalue weighted by Crippen LogP contribution is -2.02. The molecular formula is C13H14N2O2S. The Balaban J connectivity index is 2.23. The highest BCUT2D eigenvalue weighted by Crippen LogP contribution is 2.19. The molecule has 0 unspecified atom stereocenters. The quantitative estimate of drug-likeness (QED) is 0.777. The molecule has 18 heavy (non-hydrogen) atoms. The zero-order valence-electron chi connectivity index (χ0n) is 10.3. The molecule has 5 heteroatoms.